The van der Waals surface area contributed by atoms with E-state index in [1.807, 2.05) is 19.9 Å². The minimum absolute atomic E-state index is 0.409. The first kappa shape index (κ1) is 15.3. The van der Waals surface area contributed by atoms with Crippen LogP contribution >= 0.6 is 0 Å². The topological polar surface area (TPSA) is 68.4 Å². The summed E-state index contributed by atoms with van der Waals surface area (Å²) in [6, 6.07) is 1.93. The number of nitrogens with two attached hydrogens (primary N) is 1. The first-order valence-electron chi connectivity index (χ1n) is 7.63. The molecular weight excluding hydrogens is 252 g/mol. The first-order chi connectivity index (χ1) is 9.59. The van der Waals surface area contributed by atoms with E-state index >= 15 is 0 Å². The number of hydrogen-bond donors (Lipinski definition) is 2. The van der Waals surface area contributed by atoms with Crippen LogP contribution in [0.3, 0.4) is 0 Å². The maximum atomic E-state index is 10.9. The van der Waals surface area contributed by atoms with Crippen LogP contribution in [0.5, 0.6) is 0 Å². The van der Waals surface area contributed by atoms with Crippen molar-refractivity contribution in [2.75, 3.05) is 12.3 Å². The summed E-state index contributed by atoms with van der Waals surface area (Å²) in [6.07, 6.45) is 7.41. The zero-order chi connectivity index (χ0) is 14.6. The number of aromatic nitrogens is 1. The van der Waals surface area contributed by atoms with Gasteiger partial charge in [-0.1, -0.05) is 25.7 Å². The number of hydrogen-bond acceptors (Lipinski definition) is 4. The molecule has 1 aliphatic carbocycles. The second-order valence-corrected chi connectivity index (χ2v) is 5.80. The van der Waals surface area contributed by atoms with Gasteiger partial charge in [0.05, 0.1) is 5.60 Å². The van der Waals surface area contributed by atoms with Crippen LogP contribution in [0.4, 0.5) is 5.82 Å². The van der Waals surface area contributed by atoms with Gasteiger partial charge in [0.2, 0.25) is 0 Å². The third-order valence-electron chi connectivity index (χ3n) is 4.26. The van der Waals surface area contributed by atoms with Gasteiger partial charge in [0.15, 0.2) is 0 Å². The molecule has 1 fully saturated rings. The van der Waals surface area contributed by atoms with E-state index in [-0.39, 0.29) is 0 Å². The van der Waals surface area contributed by atoms with Crippen LogP contribution in [-0.4, -0.2) is 22.3 Å². The van der Waals surface area contributed by atoms with Gasteiger partial charge in [-0.25, -0.2) is 4.98 Å². The van der Waals surface area contributed by atoms with Crippen molar-refractivity contribution in [2.24, 2.45) is 0 Å². The molecule has 20 heavy (non-hydrogen) atoms. The van der Waals surface area contributed by atoms with E-state index in [1.54, 1.807) is 6.20 Å². The fraction of sp³-hybridized carbons (Fsp3) is 0.688. The number of aliphatic hydroxyl groups is 1. The highest BCUT2D eigenvalue weighted by Gasteiger charge is 2.40. The van der Waals surface area contributed by atoms with E-state index in [0.717, 1.165) is 31.2 Å². The molecule has 4 heteroatoms. The van der Waals surface area contributed by atoms with Gasteiger partial charge in [0.1, 0.15) is 11.9 Å². The highest BCUT2D eigenvalue weighted by molar-refractivity contribution is 5.43. The minimum atomic E-state index is -0.701. The molecule has 3 N–H and O–H groups in total. The van der Waals surface area contributed by atoms with Crippen LogP contribution in [0.25, 0.3) is 0 Å². The van der Waals surface area contributed by atoms with Crippen LogP contribution < -0.4 is 5.73 Å². The fourth-order valence-electron chi connectivity index (χ4n) is 3.22. The van der Waals surface area contributed by atoms with Crippen molar-refractivity contribution in [3.05, 3.63) is 23.4 Å². The number of aliphatic hydroxyl groups excluding tert-OH is 1. The van der Waals surface area contributed by atoms with Gasteiger partial charge >= 0.3 is 0 Å². The number of nitrogens with zero attached hydrogens (tertiary/aromatic N) is 1. The van der Waals surface area contributed by atoms with E-state index in [1.165, 1.54) is 12.8 Å². The van der Waals surface area contributed by atoms with Crippen molar-refractivity contribution in [2.45, 2.75) is 64.1 Å². The molecule has 0 aliphatic heterocycles. The summed E-state index contributed by atoms with van der Waals surface area (Å²) in [5, 5.41) is 10.9. The minimum Gasteiger partial charge on any atom is -0.385 e. The summed E-state index contributed by atoms with van der Waals surface area (Å²) in [6.45, 7) is 4.55. The van der Waals surface area contributed by atoms with Crippen molar-refractivity contribution >= 4 is 5.82 Å². The normalized spacial score (nSPS) is 20.4. The molecule has 1 aromatic rings. The van der Waals surface area contributed by atoms with Gasteiger partial charge in [-0.15, -0.1) is 0 Å². The summed E-state index contributed by atoms with van der Waals surface area (Å²) in [4.78, 5) is 4.17. The van der Waals surface area contributed by atoms with Crippen LogP contribution in [0.15, 0.2) is 12.3 Å². The second kappa shape index (κ2) is 6.55. The van der Waals surface area contributed by atoms with Gasteiger partial charge in [-0.3, -0.25) is 0 Å². The van der Waals surface area contributed by atoms with Crippen molar-refractivity contribution < 1.29 is 9.84 Å². The molecule has 0 bridgehead atoms. The third-order valence-corrected chi connectivity index (χ3v) is 4.26. The summed E-state index contributed by atoms with van der Waals surface area (Å²) < 4.78 is 6.03. The molecular formula is C16H26N2O2. The maximum Gasteiger partial charge on any atom is 0.129 e. The predicted molar refractivity (Wildman–Crippen MR) is 80.4 cm³/mol. The van der Waals surface area contributed by atoms with Crippen molar-refractivity contribution in [1.82, 2.24) is 4.98 Å². The lowest BCUT2D eigenvalue weighted by atomic mass is 9.84. The Balaban J connectivity index is 2.34. The lowest BCUT2D eigenvalue weighted by Gasteiger charge is -2.37. The SMILES string of the molecule is CCOC1(C(O)c2cc(C)cnc2N)CCCCCC1. The Morgan fingerprint density at radius 1 is 1.35 bits per heavy atom. The van der Waals surface area contributed by atoms with Crippen molar-refractivity contribution in [3.8, 4) is 0 Å². The second-order valence-electron chi connectivity index (χ2n) is 5.80. The number of anilines is 1. The fourth-order valence-corrected chi connectivity index (χ4v) is 3.22. The average Bonchev–Trinajstić information content (AvgIpc) is 2.68. The Morgan fingerprint density at radius 3 is 2.60 bits per heavy atom. The molecule has 0 amide bonds. The van der Waals surface area contributed by atoms with Crippen molar-refractivity contribution in [1.29, 1.82) is 0 Å². The summed E-state index contributed by atoms with van der Waals surface area (Å²) >= 11 is 0. The van der Waals surface area contributed by atoms with Crippen LogP contribution in [-0.2, 0) is 4.74 Å². The Labute approximate surface area is 121 Å². The lowest BCUT2D eigenvalue weighted by Crippen LogP contribution is -2.39. The summed E-state index contributed by atoms with van der Waals surface area (Å²) in [7, 11) is 0. The molecule has 1 atom stereocenters. The third kappa shape index (κ3) is 3.13. The zero-order valence-corrected chi connectivity index (χ0v) is 12.6. The average molecular weight is 278 g/mol. The lowest BCUT2D eigenvalue weighted by molar-refractivity contribution is -0.131. The first-order valence-corrected chi connectivity index (χ1v) is 7.63. The van der Waals surface area contributed by atoms with Crippen molar-refractivity contribution in [3.63, 3.8) is 0 Å². The molecule has 4 nitrogen and oxygen atoms in total. The summed E-state index contributed by atoms with van der Waals surface area (Å²) in [5.74, 6) is 0.409. The molecule has 2 rings (SSSR count). The number of pyridine rings is 1. The molecule has 1 heterocycles. The molecule has 1 saturated carbocycles. The Bertz CT molecular complexity index is 440. The number of aryl methyl sites for hydroxylation is 1. The van der Waals surface area contributed by atoms with E-state index in [0.29, 0.717) is 18.0 Å². The van der Waals surface area contributed by atoms with E-state index in [4.69, 9.17) is 10.5 Å². The van der Waals surface area contributed by atoms with Crippen LogP contribution in [0.1, 0.15) is 62.7 Å². The number of rotatable bonds is 4. The van der Waals surface area contributed by atoms with Crippen LogP contribution in [0.2, 0.25) is 0 Å². The molecule has 0 saturated heterocycles. The highest BCUT2D eigenvalue weighted by Crippen LogP contribution is 2.41. The van der Waals surface area contributed by atoms with E-state index in [2.05, 4.69) is 4.98 Å². The van der Waals surface area contributed by atoms with E-state index in [9.17, 15) is 5.11 Å². The number of nitrogen functional groups attached to an aromatic ring is 1. The molecule has 0 radical (unpaired) electrons. The highest BCUT2D eigenvalue weighted by atomic mass is 16.5. The largest absolute Gasteiger partial charge is 0.385 e. The maximum absolute atomic E-state index is 10.9. The molecule has 0 spiro atoms. The summed E-state index contributed by atoms with van der Waals surface area (Å²) in [5.41, 5.74) is 7.18. The van der Waals surface area contributed by atoms with Gasteiger partial charge in [0, 0.05) is 18.4 Å². The quantitative estimate of drug-likeness (QED) is 0.830. The Hall–Kier alpha value is -1.13. The standard InChI is InChI=1S/C16H26N2O2/c1-3-20-16(8-6-4-5-7-9-16)14(19)13-10-12(2)11-18-15(13)17/h10-11,14,19H,3-9H2,1-2H3,(H2,17,18). The Morgan fingerprint density at radius 2 is 2.00 bits per heavy atom. The number of ether oxygens (including phenoxy) is 1. The predicted octanol–water partition coefficient (Wildman–Crippen LogP) is 3.14. The molecule has 1 aromatic heterocycles. The Kier molecular flexibility index (Phi) is 5.00. The zero-order valence-electron chi connectivity index (χ0n) is 12.6. The smallest absolute Gasteiger partial charge is 0.129 e. The molecule has 1 unspecified atom stereocenters. The van der Waals surface area contributed by atoms with E-state index < -0.39 is 11.7 Å². The molecule has 0 aromatic carbocycles. The van der Waals surface area contributed by atoms with Crippen LogP contribution in [0, 0.1) is 6.92 Å². The van der Waals surface area contributed by atoms with Gasteiger partial charge in [-0.2, -0.15) is 0 Å². The van der Waals surface area contributed by atoms with Gasteiger partial charge in [-0.05, 0) is 38.3 Å². The van der Waals surface area contributed by atoms with Gasteiger partial charge in [0.25, 0.3) is 0 Å². The van der Waals surface area contributed by atoms with Gasteiger partial charge < -0.3 is 15.6 Å². The molecule has 1 aliphatic rings. The monoisotopic (exact) mass is 278 g/mol. The molecule has 112 valence electrons.